The fourth-order valence-electron chi connectivity index (χ4n) is 1.08. The summed E-state index contributed by atoms with van der Waals surface area (Å²) in [5.74, 6) is 0.169. The average molecular weight is 228 g/mol. The molecule has 3 nitrogen and oxygen atoms in total. The van der Waals surface area contributed by atoms with Crippen LogP contribution in [0.1, 0.15) is 29.8 Å². The summed E-state index contributed by atoms with van der Waals surface area (Å²) in [7, 11) is 0. The van der Waals surface area contributed by atoms with Gasteiger partial charge in [-0.2, -0.15) is 0 Å². The van der Waals surface area contributed by atoms with Crippen LogP contribution in [0.25, 0.3) is 0 Å². The molecule has 0 saturated carbocycles. The number of halogens is 1. The first-order valence-corrected chi connectivity index (χ1v) is 4.48. The number of ether oxygens (including phenoxy) is 1. The smallest absolute Gasteiger partial charge is 0.213 e. The van der Waals surface area contributed by atoms with E-state index >= 15 is 0 Å². The fourth-order valence-corrected chi connectivity index (χ4v) is 1.08. The van der Waals surface area contributed by atoms with Crippen molar-refractivity contribution < 1.29 is 9.53 Å². The molecule has 0 spiro atoms. The van der Waals surface area contributed by atoms with Gasteiger partial charge in [0.05, 0.1) is 6.61 Å². The van der Waals surface area contributed by atoms with E-state index in [0.717, 1.165) is 0 Å². The minimum Gasteiger partial charge on any atom is -0.478 e. The van der Waals surface area contributed by atoms with Crippen LogP contribution in [0.2, 0.25) is 0 Å². The first kappa shape index (κ1) is 13.7. The summed E-state index contributed by atoms with van der Waals surface area (Å²) >= 11 is 0. The van der Waals surface area contributed by atoms with Gasteiger partial charge in [0.2, 0.25) is 5.90 Å². The van der Waals surface area contributed by atoms with Crippen LogP contribution in [0.15, 0.2) is 24.3 Å². The number of ketones is 1. The highest BCUT2D eigenvalue weighted by atomic mass is 35.5. The van der Waals surface area contributed by atoms with Crippen LogP contribution < -0.4 is 0 Å². The number of rotatable bonds is 3. The zero-order chi connectivity index (χ0) is 10.6. The first-order chi connectivity index (χ1) is 6.65. The van der Waals surface area contributed by atoms with Gasteiger partial charge in [0.15, 0.2) is 5.78 Å². The summed E-state index contributed by atoms with van der Waals surface area (Å²) in [6, 6.07) is 6.83. The number of hydrogen-bond donors (Lipinski definition) is 1. The third-order valence-electron chi connectivity index (χ3n) is 1.84. The molecule has 82 valence electrons. The summed E-state index contributed by atoms with van der Waals surface area (Å²) < 4.78 is 5.03. The van der Waals surface area contributed by atoms with Gasteiger partial charge in [-0.15, -0.1) is 12.4 Å². The van der Waals surface area contributed by atoms with Gasteiger partial charge >= 0.3 is 0 Å². The van der Waals surface area contributed by atoms with Crippen molar-refractivity contribution in [2.24, 2.45) is 0 Å². The fraction of sp³-hybridized carbons (Fsp3) is 0.273. The van der Waals surface area contributed by atoms with E-state index < -0.39 is 0 Å². The van der Waals surface area contributed by atoms with Crippen LogP contribution in [0.4, 0.5) is 0 Å². The van der Waals surface area contributed by atoms with E-state index in [1.807, 2.05) is 6.92 Å². The van der Waals surface area contributed by atoms with Crippen molar-refractivity contribution >= 4 is 24.1 Å². The molecule has 4 heteroatoms. The molecule has 1 aromatic rings. The van der Waals surface area contributed by atoms with Crippen molar-refractivity contribution in [3.63, 3.8) is 0 Å². The lowest BCUT2D eigenvalue weighted by atomic mass is 10.1. The molecule has 15 heavy (non-hydrogen) atoms. The van der Waals surface area contributed by atoms with E-state index in [-0.39, 0.29) is 24.1 Å². The van der Waals surface area contributed by atoms with Crippen LogP contribution in [0.3, 0.4) is 0 Å². The second-order valence-corrected chi connectivity index (χ2v) is 2.90. The zero-order valence-corrected chi connectivity index (χ0v) is 9.56. The van der Waals surface area contributed by atoms with Gasteiger partial charge in [0, 0.05) is 11.1 Å². The maximum absolute atomic E-state index is 11.0. The molecule has 0 aliphatic rings. The van der Waals surface area contributed by atoms with Crippen LogP contribution in [-0.2, 0) is 4.74 Å². The summed E-state index contributed by atoms with van der Waals surface area (Å²) in [4.78, 5) is 11.0. The van der Waals surface area contributed by atoms with E-state index in [1.165, 1.54) is 6.92 Å². The Bertz CT molecular complexity index is 346. The van der Waals surface area contributed by atoms with E-state index in [4.69, 9.17) is 10.1 Å². The van der Waals surface area contributed by atoms with Crippen LogP contribution in [0, 0.1) is 5.41 Å². The summed E-state index contributed by atoms with van der Waals surface area (Å²) in [5, 5.41) is 7.50. The van der Waals surface area contributed by atoms with Gasteiger partial charge in [0.1, 0.15) is 0 Å². The molecule has 1 N–H and O–H groups in total. The topological polar surface area (TPSA) is 50.1 Å². The third-order valence-corrected chi connectivity index (χ3v) is 1.84. The molecule has 0 bridgehead atoms. The van der Waals surface area contributed by atoms with Crippen molar-refractivity contribution in [2.75, 3.05) is 6.61 Å². The standard InChI is InChI=1S/C11H13NO2.ClH/c1-3-14-11(12)10-6-4-9(5-7-10)8(2)13;/h4-7,12H,3H2,1-2H3;1H. The lowest BCUT2D eigenvalue weighted by molar-refractivity contribution is 0.101. The molecule has 0 aliphatic heterocycles. The predicted molar refractivity (Wildman–Crippen MR) is 62.1 cm³/mol. The Balaban J connectivity index is 0.00000196. The second kappa shape index (κ2) is 6.19. The van der Waals surface area contributed by atoms with E-state index in [0.29, 0.717) is 17.7 Å². The number of nitrogens with one attached hydrogen (secondary N) is 1. The van der Waals surface area contributed by atoms with Crippen molar-refractivity contribution in [3.8, 4) is 0 Å². The Morgan fingerprint density at radius 2 is 1.73 bits per heavy atom. The van der Waals surface area contributed by atoms with Crippen LogP contribution >= 0.6 is 12.4 Å². The minimum atomic E-state index is 0. The molecule has 1 rings (SSSR count). The molecule has 0 atom stereocenters. The van der Waals surface area contributed by atoms with Gasteiger partial charge in [-0.05, 0) is 26.0 Å². The number of carbonyl (C=O) groups is 1. The molecular formula is C11H14ClNO2. The maximum atomic E-state index is 11.0. The molecule has 0 heterocycles. The maximum Gasteiger partial charge on any atom is 0.213 e. The number of Topliss-reactive ketones (excluding diaryl/α,β-unsaturated/α-hetero) is 1. The molecule has 0 radical (unpaired) electrons. The number of benzene rings is 1. The highest BCUT2D eigenvalue weighted by Gasteiger charge is 2.03. The number of hydrogen-bond acceptors (Lipinski definition) is 3. The van der Waals surface area contributed by atoms with Gasteiger partial charge in [-0.3, -0.25) is 10.2 Å². The molecule has 0 fully saturated rings. The normalized spacial score (nSPS) is 8.93. The summed E-state index contributed by atoms with van der Waals surface area (Å²) in [6.07, 6.45) is 0. The van der Waals surface area contributed by atoms with Crippen molar-refractivity contribution in [2.45, 2.75) is 13.8 Å². The van der Waals surface area contributed by atoms with Gasteiger partial charge in [-0.25, -0.2) is 0 Å². The lowest BCUT2D eigenvalue weighted by Crippen LogP contribution is -2.04. The Labute approximate surface area is 95.4 Å². The van der Waals surface area contributed by atoms with E-state index in [1.54, 1.807) is 24.3 Å². The minimum absolute atomic E-state index is 0. The Morgan fingerprint density at radius 3 is 2.13 bits per heavy atom. The monoisotopic (exact) mass is 227 g/mol. The first-order valence-electron chi connectivity index (χ1n) is 4.48. The van der Waals surface area contributed by atoms with E-state index in [2.05, 4.69) is 0 Å². The zero-order valence-electron chi connectivity index (χ0n) is 8.74. The predicted octanol–water partition coefficient (Wildman–Crippen LogP) is 2.67. The largest absolute Gasteiger partial charge is 0.478 e. The average Bonchev–Trinajstić information content (AvgIpc) is 2.18. The lowest BCUT2D eigenvalue weighted by Gasteiger charge is -2.04. The summed E-state index contributed by atoms with van der Waals surface area (Å²) in [5.41, 5.74) is 1.34. The SMILES string of the molecule is CCOC(=N)c1ccc(C(C)=O)cc1.Cl. The molecule has 0 amide bonds. The van der Waals surface area contributed by atoms with Gasteiger partial charge < -0.3 is 4.74 Å². The van der Waals surface area contributed by atoms with Crippen LogP contribution in [0.5, 0.6) is 0 Å². The molecule has 1 aromatic carbocycles. The highest BCUT2D eigenvalue weighted by Crippen LogP contribution is 2.06. The van der Waals surface area contributed by atoms with Crippen LogP contribution in [-0.4, -0.2) is 18.3 Å². The third kappa shape index (κ3) is 3.72. The van der Waals surface area contributed by atoms with Gasteiger partial charge in [-0.1, -0.05) is 12.1 Å². The number of carbonyl (C=O) groups excluding carboxylic acids is 1. The summed E-state index contributed by atoms with van der Waals surface area (Å²) in [6.45, 7) is 3.83. The van der Waals surface area contributed by atoms with Gasteiger partial charge in [0.25, 0.3) is 0 Å². The molecule has 0 aromatic heterocycles. The quantitative estimate of drug-likeness (QED) is 0.490. The molecule has 0 unspecified atom stereocenters. The van der Waals surface area contributed by atoms with Crippen molar-refractivity contribution in [3.05, 3.63) is 35.4 Å². The van der Waals surface area contributed by atoms with Crippen molar-refractivity contribution in [1.82, 2.24) is 0 Å². The molecule has 0 saturated heterocycles. The second-order valence-electron chi connectivity index (χ2n) is 2.90. The van der Waals surface area contributed by atoms with Crippen molar-refractivity contribution in [1.29, 1.82) is 5.41 Å². The Kier molecular flexibility index (Phi) is 5.64. The Morgan fingerprint density at radius 1 is 1.27 bits per heavy atom. The Hall–Kier alpha value is -1.35. The highest BCUT2D eigenvalue weighted by molar-refractivity contribution is 5.96. The molecular weight excluding hydrogens is 214 g/mol. The molecule has 0 aliphatic carbocycles. The van der Waals surface area contributed by atoms with E-state index in [9.17, 15) is 4.79 Å².